The van der Waals surface area contributed by atoms with Crippen LogP contribution >= 0.6 is 0 Å². The van der Waals surface area contributed by atoms with E-state index in [-0.39, 0.29) is 18.2 Å². The van der Waals surface area contributed by atoms with Crippen molar-refractivity contribution in [2.24, 2.45) is 0 Å². The van der Waals surface area contributed by atoms with Gasteiger partial charge in [-0.25, -0.2) is 4.98 Å². The Morgan fingerprint density at radius 3 is 2.22 bits per heavy atom. The lowest BCUT2D eigenvalue weighted by molar-refractivity contribution is -0.116. The van der Waals surface area contributed by atoms with E-state index in [0.717, 1.165) is 28.2 Å². The molecule has 2 aromatic carbocycles. The number of imidazole rings is 1. The number of aryl methyl sites for hydroxylation is 3. The first-order valence-corrected chi connectivity index (χ1v) is 10.5. The Balaban J connectivity index is 1.64. The Labute approximate surface area is 187 Å². The lowest BCUT2D eigenvalue weighted by Crippen LogP contribution is -2.16. The van der Waals surface area contributed by atoms with Gasteiger partial charge in [-0.1, -0.05) is 12.1 Å². The molecule has 4 rings (SSSR count). The normalized spacial score (nSPS) is 10.9. The molecular formula is C26H26N4O2. The van der Waals surface area contributed by atoms with Gasteiger partial charge < -0.3 is 15.0 Å². The number of hydrogen-bond acceptors (Lipinski definition) is 3. The van der Waals surface area contributed by atoms with Crippen molar-refractivity contribution in [3.05, 3.63) is 83.2 Å². The van der Waals surface area contributed by atoms with Gasteiger partial charge in [0.05, 0.1) is 17.8 Å². The molecule has 2 aromatic heterocycles. The molecule has 0 aliphatic heterocycles. The second-order valence-corrected chi connectivity index (χ2v) is 8.12. The van der Waals surface area contributed by atoms with Gasteiger partial charge >= 0.3 is 0 Å². The molecule has 0 spiro atoms. The number of fused-ring (bicyclic) bond motifs is 1. The van der Waals surface area contributed by atoms with Crippen LogP contribution in [0, 0.1) is 20.8 Å². The fourth-order valence-corrected chi connectivity index (χ4v) is 3.68. The number of amides is 2. The summed E-state index contributed by atoms with van der Waals surface area (Å²) in [6.07, 6.45) is 2.15. The second-order valence-electron chi connectivity index (χ2n) is 8.12. The van der Waals surface area contributed by atoms with E-state index in [1.165, 1.54) is 18.1 Å². The van der Waals surface area contributed by atoms with Crippen LogP contribution in [0.1, 0.15) is 29.3 Å². The SMILES string of the molecule is CC(=O)Nc1ccc(NC(=O)Cc2c(-c3ccc(C)c(C)c3)nc3cc(C)ccn23)cc1. The number of aromatic nitrogens is 2. The van der Waals surface area contributed by atoms with Crippen LogP contribution in [-0.2, 0) is 16.0 Å². The van der Waals surface area contributed by atoms with Crippen molar-refractivity contribution in [3.8, 4) is 11.3 Å². The standard InChI is InChI=1S/C26H26N4O2/c1-16-11-12-30-23(15-25(32)28-22-9-7-21(8-10-22)27-19(4)31)26(29-24(30)13-16)20-6-5-17(2)18(3)14-20/h5-14H,15H2,1-4H3,(H,27,31)(H,28,32). The van der Waals surface area contributed by atoms with Crippen LogP contribution in [0.3, 0.4) is 0 Å². The molecule has 6 nitrogen and oxygen atoms in total. The molecule has 0 unspecified atom stereocenters. The minimum absolute atomic E-state index is 0.135. The average Bonchev–Trinajstić information content (AvgIpc) is 3.08. The maximum Gasteiger partial charge on any atom is 0.230 e. The van der Waals surface area contributed by atoms with Crippen molar-refractivity contribution in [1.29, 1.82) is 0 Å². The van der Waals surface area contributed by atoms with Crippen molar-refractivity contribution >= 4 is 28.8 Å². The summed E-state index contributed by atoms with van der Waals surface area (Å²) in [6, 6.07) is 17.3. The maximum absolute atomic E-state index is 12.9. The minimum Gasteiger partial charge on any atom is -0.326 e. The number of anilines is 2. The molecule has 0 fully saturated rings. The van der Waals surface area contributed by atoms with Gasteiger partial charge in [0.1, 0.15) is 5.65 Å². The molecule has 6 heteroatoms. The van der Waals surface area contributed by atoms with Crippen molar-refractivity contribution in [2.75, 3.05) is 10.6 Å². The van der Waals surface area contributed by atoms with E-state index < -0.39 is 0 Å². The second kappa shape index (κ2) is 8.67. The summed E-state index contributed by atoms with van der Waals surface area (Å²) in [6.45, 7) is 7.65. The van der Waals surface area contributed by atoms with Gasteiger partial charge in [0, 0.05) is 30.1 Å². The summed E-state index contributed by atoms with van der Waals surface area (Å²) in [4.78, 5) is 29.0. The van der Waals surface area contributed by atoms with E-state index in [9.17, 15) is 9.59 Å². The van der Waals surface area contributed by atoms with Crippen LogP contribution in [-0.4, -0.2) is 21.2 Å². The summed E-state index contributed by atoms with van der Waals surface area (Å²) in [5.41, 5.74) is 8.35. The van der Waals surface area contributed by atoms with Gasteiger partial charge in [0.2, 0.25) is 11.8 Å². The number of carbonyl (C=O) groups is 2. The Bertz CT molecular complexity index is 1320. The number of nitrogens with one attached hydrogen (secondary N) is 2. The van der Waals surface area contributed by atoms with Gasteiger partial charge in [-0.3, -0.25) is 9.59 Å². The van der Waals surface area contributed by atoms with E-state index in [0.29, 0.717) is 11.4 Å². The van der Waals surface area contributed by atoms with Crippen molar-refractivity contribution in [2.45, 2.75) is 34.1 Å². The highest BCUT2D eigenvalue weighted by molar-refractivity contribution is 5.94. The molecule has 2 N–H and O–H groups in total. The number of pyridine rings is 1. The zero-order valence-corrected chi connectivity index (χ0v) is 18.7. The van der Waals surface area contributed by atoms with Gasteiger partial charge in [-0.15, -0.1) is 0 Å². The molecular weight excluding hydrogens is 400 g/mol. The smallest absolute Gasteiger partial charge is 0.230 e. The largest absolute Gasteiger partial charge is 0.326 e. The zero-order valence-electron chi connectivity index (χ0n) is 18.7. The number of hydrogen-bond donors (Lipinski definition) is 2. The summed E-state index contributed by atoms with van der Waals surface area (Å²) >= 11 is 0. The highest BCUT2D eigenvalue weighted by Crippen LogP contribution is 2.27. The van der Waals surface area contributed by atoms with Crippen LogP contribution < -0.4 is 10.6 Å². The maximum atomic E-state index is 12.9. The van der Waals surface area contributed by atoms with Crippen LogP contribution in [0.2, 0.25) is 0 Å². The van der Waals surface area contributed by atoms with E-state index in [4.69, 9.17) is 4.98 Å². The Kier molecular flexibility index (Phi) is 5.77. The fraction of sp³-hybridized carbons (Fsp3) is 0.192. The van der Waals surface area contributed by atoms with E-state index in [1.807, 2.05) is 29.7 Å². The Morgan fingerprint density at radius 2 is 1.56 bits per heavy atom. The lowest BCUT2D eigenvalue weighted by Gasteiger charge is -2.09. The molecule has 0 saturated heterocycles. The predicted molar refractivity (Wildman–Crippen MR) is 128 cm³/mol. The zero-order chi connectivity index (χ0) is 22.8. The molecule has 2 heterocycles. The summed E-state index contributed by atoms with van der Waals surface area (Å²) < 4.78 is 1.98. The highest BCUT2D eigenvalue weighted by atomic mass is 16.2. The monoisotopic (exact) mass is 426 g/mol. The summed E-state index contributed by atoms with van der Waals surface area (Å²) in [5, 5.41) is 5.66. The third-order valence-electron chi connectivity index (χ3n) is 5.48. The quantitative estimate of drug-likeness (QED) is 0.468. The third kappa shape index (κ3) is 4.54. The van der Waals surface area contributed by atoms with Crippen LogP contribution in [0.5, 0.6) is 0 Å². The number of nitrogens with zero attached hydrogens (tertiary/aromatic N) is 2. The molecule has 0 aliphatic carbocycles. The molecule has 32 heavy (non-hydrogen) atoms. The first-order valence-electron chi connectivity index (χ1n) is 10.5. The minimum atomic E-state index is -0.136. The molecule has 0 atom stereocenters. The van der Waals surface area contributed by atoms with Crippen molar-refractivity contribution < 1.29 is 9.59 Å². The Hall–Kier alpha value is -3.93. The number of benzene rings is 2. The van der Waals surface area contributed by atoms with Crippen molar-refractivity contribution in [3.63, 3.8) is 0 Å². The molecule has 162 valence electrons. The molecule has 0 aliphatic rings. The predicted octanol–water partition coefficient (Wildman–Crippen LogP) is 5.07. The van der Waals surface area contributed by atoms with E-state index >= 15 is 0 Å². The van der Waals surface area contributed by atoms with Crippen molar-refractivity contribution in [1.82, 2.24) is 9.38 Å². The lowest BCUT2D eigenvalue weighted by atomic mass is 10.0. The first-order chi connectivity index (χ1) is 15.3. The van der Waals surface area contributed by atoms with E-state index in [1.54, 1.807) is 24.3 Å². The fourth-order valence-electron chi connectivity index (χ4n) is 3.68. The Morgan fingerprint density at radius 1 is 0.875 bits per heavy atom. The molecule has 2 amide bonds. The molecule has 4 aromatic rings. The van der Waals surface area contributed by atoms with Crippen LogP contribution in [0.4, 0.5) is 11.4 Å². The average molecular weight is 427 g/mol. The number of carbonyl (C=O) groups excluding carboxylic acids is 2. The molecule has 0 bridgehead atoms. The topological polar surface area (TPSA) is 75.5 Å². The summed E-state index contributed by atoms with van der Waals surface area (Å²) in [7, 11) is 0. The van der Waals surface area contributed by atoms with Crippen LogP contribution in [0.15, 0.2) is 60.8 Å². The van der Waals surface area contributed by atoms with Gasteiger partial charge in [-0.05, 0) is 79.9 Å². The van der Waals surface area contributed by atoms with Gasteiger partial charge in [0.25, 0.3) is 0 Å². The molecule has 0 saturated carbocycles. The third-order valence-corrected chi connectivity index (χ3v) is 5.48. The van der Waals surface area contributed by atoms with E-state index in [2.05, 4.69) is 42.7 Å². The van der Waals surface area contributed by atoms with Crippen LogP contribution in [0.25, 0.3) is 16.9 Å². The number of rotatable bonds is 5. The van der Waals surface area contributed by atoms with Gasteiger partial charge in [-0.2, -0.15) is 0 Å². The summed E-state index contributed by atoms with van der Waals surface area (Å²) in [5.74, 6) is -0.270. The highest BCUT2D eigenvalue weighted by Gasteiger charge is 2.18. The molecule has 0 radical (unpaired) electrons. The van der Waals surface area contributed by atoms with Gasteiger partial charge in [0.15, 0.2) is 0 Å². The first kappa shape index (κ1) is 21.3.